The molecule has 3 aromatic rings. The molecule has 2 aromatic carbocycles. The summed E-state index contributed by atoms with van der Waals surface area (Å²) >= 11 is 1.15. The zero-order valence-corrected chi connectivity index (χ0v) is 21.0. The number of carbonyl (C=O) groups is 1. The molecule has 0 atom stereocenters. The van der Waals surface area contributed by atoms with Crippen LogP contribution in [0.5, 0.6) is 0 Å². The first-order valence-electron chi connectivity index (χ1n) is 11.1. The largest absolute Gasteiger partial charge is 0.298 e. The molecule has 0 aliphatic carbocycles. The summed E-state index contributed by atoms with van der Waals surface area (Å²) in [7, 11) is -3.65. The number of fused-ring (bicyclic) bond motifs is 1. The second kappa shape index (κ2) is 11.0. The predicted octanol–water partition coefficient (Wildman–Crippen LogP) is 5.36. The molecule has 9 nitrogen and oxygen atoms in total. The van der Waals surface area contributed by atoms with Crippen molar-refractivity contribution in [2.45, 2.75) is 51.3 Å². The molecule has 11 heteroatoms. The lowest BCUT2D eigenvalue weighted by atomic mass is 10.1. The minimum atomic E-state index is -3.65. The minimum Gasteiger partial charge on any atom is -0.298 e. The first-order chi connectivity index (χ1) is 16.2. The van der Waals surface area contributed by atoms with E-state index in [9.17, 15) is 23.3 Å². The number of benzene rings is 2. The highest BCUT2D eigenvalue weighted by molar-refractivity contribution is 7.89. The maximum atomic E-state index is 13.3. The Morgan fingerprint density at radius 2 is 1.79 bits per heavy atom. The SMILES string of the molecule is CCCCN(CCCC)S(=O)(=O)c1ccc2nc(NC(=O)c3ccc(C)c([N+](=O)[O-])c3)sc2c1. The van der Waals surface area contributed by atoms with E-state index in [-0.39, 0.29) is 21.3 Å². The highest BCUT2D eigenvalue weighted by Crippen LogP contribution is 2.30. The van der Waals surface area contributed by atoms with Crippen molar-refractivity contribution in [2.24, 2.45) is 0 Å². The van der Waals surface area contributed by atoms with Crippen LogP contribution in [0.2, 0.25) is 0 Å². The lowest BCUT2D eigenvalue weighted by Gasteiger charge is -2.21. The predicted molar refractivity (Wildman–Crippen MR) is 134 cm³/mol. The van der Waals surface area contributed by atoms with Gasteiger partial charge in [0, 0.05) is 30.3 Å². The summed E-state index contributed by atoms with van der Waals surface area (Å²) in [6, 6.07) is 9.01. The number of amides is 1. The van der Waals surface area contributed by atoms with Crippen molar-refractivity contribution in [2.75, 3.05) is 18.4 Å². The number of sulfonamides is 1. The summed E-state index contributed by atoms with van der Waals surface area (Å²) in [6.07, 6.45) is 3.39. The number of hydrogen-bond acceptors (Lipinski definition) is 7. The van der Waals surface area contributed by atoms with Gasteiger partial charge in [0.25, 0.3) is 11.6 Å². The van der Waals surface area contributed by atoms with E-state index in [1.807, 2.05) is 13.8 Å². The van der Waals surface area contributed by atoms with Gasteiger partial charge in [-0.15, -0.1) is 0 Å². The zero-order valence-electron chi connectivity index (χ0n) is 19.4. The van der Waals surface area contributed by atoms with Gasteiger partial charge in [0.05, 0.1) is 20.0 Å². The Bertz CT molecular complexity index is 1300. The lowest BCUT2D eigenvalue weighted by Crippen LogP contribution is -2.33. The van der Waals surface area contributed by atoms with Gasteiger partial charge < -0.3 is 0 Å². The summed E-state index contributed by atoms with van der Waals surface area (Å²) in [5.74, 6) is -0.527. The van der Waals surface area contributed by atoms with Crippen molar-refractivity contribution in [3.63, 3.8) is 0 Å². The molecule has 1 N–H and O–H groups in total. The molecule has 0 aliphatic heterocycles. The van der Waals surface area contributed by atoms with Crippen molar-refractivity contribution in [1.29, 1.82) is 0 Å². The second-order valence-electron chi connectivity index (χ2n) is 7.97. The number of thiazole rings is 1. The van der Waals surface area contributed by atoms with Gasteiger partial charge in [0.1, 0.15) is 0 Å². The molecule has 182 valence electrons. The number of nitrogens with zero attached hydrogens (tertiary/aromatic N) is 3. The molecule has 0 radical (unpaired) electrons. The van der Waals surface area contributed by atoms with Crippen LogP contribution in [0.4, 0.5) is 10.8 Å². The maximum Gasteiger partial charge on any atom is 0.273 e. The number of aryl methyl sites for hydroxylation is 1. The van der Waals surface area contributed by atoms with Crippen LogP contribution >= 0.6 is 11.3 Å². The monoisotopic (exact) mass is 504 g/mol. The van der Waals surface area contributed by atoms with E-state index in [1.54, 1.807) is 19.1 Å². The third-order valence-corrected chi connectivity index (χ3v) is 8.24. The summed E-state index contributed by atoms with van der Waals surface area (Å²) < 4.78 is 28.7. The summed E-state index contributed by atoms with van der Waals surface area (Å²) in [5.41, 5.74) is 1.02. The molecule has 0 spiro atoms. The van der Waals surface area contributed by atoms with Crippen LogP contribution in [0.3, 0.4) is 0 Å². The highest BCUT2D eigenvalue weighted by Gasteiger charge is 2.24. The number of hydrogen-bond donors (Lipinski definition) is 1. The molecule has 1 heterocycles. The number of nitro groups is 1. The third-order valence-electron chi connectivity index (χ3n) is 5.41. The number of anilines is 1. The van der Waals surface area contributed by atoms with Crippen molar-refractivity contribution in [1.82, 2.24) is 9.29 Å². The Morgan fingerprint density at radius 3 is 2.41 bits per heavy atom. The fraction of sp³-hybridized carbons (Fsp3) is 0.391. The average molecular weight is 505 g/mol. The van der Waals surface area contributed by atoms with Crippen LogP contribution in [-0.2, 0) is 10.0 Å². The molecule has 0 saturated carbocycles. The van der Waals surface area contributed by atoms with Gasteiger partial charge in [-0.3, -0.25) is 20.2 Å². The van der Waals surface area contributed by atoms with E-state index in [1.165, 1.54) is 28.6 Å². The Hall–Kier alpha value is -2.89. The number of rotatable bonds is 11. The molecule has 0 bridgehead atoms. The third kappa shape index (κ3) is 5.78. The molecule has 0 aliphatic rings. The van der Waals surface area contributed by atoms with Crippen LogP contribution in [-0.4, -0.2) is 41.6 Å². The van der Waals surface area contributed by atoms with E-state index in [0.29, 0.717) is 28.9 Å². The van der Waals surface area contributed by atoms with Crippen LogP contribution in [0.25, 0.3) is 10.2 Å². The second-order valence-corrected chi connectivity index (χ2v) is 10.9. The normalized spacial score (nSPS) is 11.8. The Balaban J connectivity index is 1.85. The van der Waals surface area contributed by atoms with Crippen molar-refractivity contribution < 1.29 is 18.1 Å². The lowest BCUT2D eigenvalue weighted by molar-refractivity contribution is -0.385. The van der Waals surface area contributed by atoms with Crippen molar-refractivity contribution in [3.05, 3.63) is 57.6 Å². The van der Waals surface area contributed by atoms with Crippen LogP contribution in [0.15, 0.2) is 41.3 Å². The van der Waals surface area contributed by atoms with Crippen molar-refractivity contribution in [3.8, 4) is 0 Å². The molecule has 1 aromatic heterocycles. The Morgan fingerprint density at radius 1 is 1.12 bits per heavy atom. The van der Waals surface area contributed by atoms with E-state index < -0.39 is 20.9 Å². The Labute approximate surface area is 203 Å². The van der Waals surface area contributed by atoms with Gasteiger partial charge in [-0.1, -0.05) is 44.1 Å². The summed E-state index contributed by atoms with van der Waals surface area (Å²) in [6.45, 7) is 6.61. The van der Waals surface area contributed by atoms with Crippen molar-refractivity contribution >= 4 is 48.3 Å². The first-order valence-corrected chi connectivity index (χ1v) is 13.4. The molecule has 34 heavy (non-hydrogen) atoms. The van der Waals surface area contributed by atoms with Gasteiger partial charge >= 0.3 is 0 Å². The molecule has 0 fully saturated rings. The van der Waals surface area contributed by atoms with E-state index in [0.717, 1.165) is 37.0 Å². The molecule has 0 unspecified atom stereocenters. The number of nitrogens with one attached hydrogen (secondary N) is 1. The smallest absolute Gasteiger partial charge is 0.273 e. The number of carbonyl (C=O) groups excluding carboxylic acids is 1. The fourth-order valence-electron chi connectivity index (χ4n) is 3.41. The van der Waals surface area contributed by atoms with Gasteiger partial charge in [0.15, 0.2) is 5.13 Å². The van der Waals surface area contributed by atoms with E-state index in [2.05, 4.69) is 10.3 Å². The number of aromatic nitrogens is 1. The maximum absolute atomic E-state index is 13.3. The van der Waals surface area contributed by atoms with E-state index >= 15 is 0 Å². The van der Waals surface area contributed by atoms with Gasteiger partial charge in [-0.2, -0.15) is 4.31 Å². The topological polar surface area (TPSA) is 123 Å². The molecular weight excluding hydrogens is 476 g/mol. The van der Waals surface area contributed by atoms with Crippen LogP contribution < -0.4 is 5.32 Å². The molecule has 0 saturated heterocycles. The quantitative estimate of drug-likeness (QED) is 0.277. The first kappa shape index (κ1) is 25.7. The average Bonchev–Trinajstić information content (AvgIpc) is 3.20. The van der Waals surface area contributed by atoms with Crippen LogP contribution in [0.1, 0.15) is 55.5 Å². The zero-order chi connectivity index (χ0) is 24.9. The van der Waals surface area contributed by atoms with Gasteiger partial charge in [-0.05, 0) is 44.0 Å². The molecular formula is C23H28N4O5S2. The minimum absolute atomic E-state index is 0.137. The highest BCUT2D eigenvalue weighted by atomic mass is 32.2. The Kier molecular flexibility index (Phi) is 8.34. The molecule has 1 amide bonds. The van der Waals surface area contributed by atoms with Gasteiger partial charge in [-0.25, -0.2) is 13.4 Å². The standard InChI is InChI=1S/C23H28N4O5S2/c1-4-6-12-26(13-7-5-2)34(31,32)18-10-11-19-21(15-18)33-23(24-19)25-22(28)17-9-8-16(3)20(14-17)27(29)30/h8-11,14-15H,4-7,12-13H2,1-3H3,(H,24,25,28). The summed E-state index contributed by atoms with van der Waals surface area (Å²) in [5, 5.41) is 14.1. The van der Waals surface area contributed by atoms with Crippen LogP contribution in [0, 0.1) is 17.0 Å². The molecule has 3 rings (SSSR count). The fourth-order valence-corrected chi connectivity index (χ4v) is 5.92. The number of nitro benzene ring substituents is 1. The van der Waals surface area contributed by atoms with E-state index in [4.69, 9.17) is 0 Å². The number of unbranched alkanes of at least 4 members (excludes halogenated alkanes) is 2. The van der Waals surface area contributed by atoms with Gasteiger partial charge in [0.2, 0.25) is 10.0 Å². The summed E-state index contributed by atoms with van der Waals surface area (Å²) in [4.78, 5) is 27.8.